The number of nitrogens with two attached hydrogens (primary N) is 1. The Kier molecular flexibility index (Phi) is 3.19. The number of H-pyrrole nitrogens is 1. The average Bonchev–Trinajstić information content (AvgIpc) is 2.81. The van der Waals surface area contributed by atoms with Gasteiger partial charge in [0.15, 0.2) is 11.6 Å². The van der Waals surface area contributed by atoms with Crippen molar-refractivity contribution in [3.63, 3.8) is 0 Å². The van der Waals surface area contributed by atoms with Gasteiger partial charge >= 0.3 is 0 Å². The molecule has 0 amide bonds. The van der Waals surface area contributed by atoms with E-state index in [9.17, 15) is 8.78 Å². The molecule has 0 aliphatic rings. The van der Waals surface area contributed by atoms with Crippen molar-refractivity contribution >= 4 is 0 Å². The minimum atomic E-state index is -0.876. The van der Waals surface area contributed by atoms with Crippen LogP contribution in [0.15, 0.2) is 24.4 Å². The van der Waals surface area contributed by atoms with Crippen LogP contribution in [-0.4, -0.2) is 9.97 Å². The van der Waals surface area contributed by atoms with E-state index in [0.29, 0.717) is 17.1 Å². The molecule has 0 aliphatic heterocycles. The number of halogens is 2. The van der Waals surface area contributed by atoms with Gasteiger partial charge in [-0.15, -0.1) is 0 Å². The molecule has 90 valence electrons. The third-order valence-electron chi connectivity index (χ3n) is 2.62. The normalized spacial score (nSPS) is 12.7. The molecule has 0 bridgehead atoms. The topological polar surface area (TPSA) is 54.7 Å². The molecule has 1 atom stereocenters. The molecule has 2 aromatic rings. The summed E-state index contributed by atoms with van der Waals surface area (Å²) < 4.78 is 25.8. The first kappa shape index (κ1) is 11.7. The predicted molar refractivity (Wildman–Crippen MR) is 61.2 cm³/mol. The lowest BCUT2D eigenvalue weighted by atomic mass is 10.1. The van der Waals surface area contributed by atoms with Gasteiger partial charge in [0.25, 0.3) is 0 Å². The van der Waals surface area contributed by atoms with Crippen molar-refractivity contribution in [2.24, 2.45) is 5.73 Å². The second kappa shape index (κ2) is 4.63. The molecule has 17 heavy (non-hydrogen) atoms. The van der Waals surface area contributed by atoms with E-state index in [4.69, 9.17) is 5.73 Å². The van der Waals surface area contributed by atoms with Crippen LogP contribution in [0.5, 0.6) is 0 Å². The number of benzene rings is 1. The van der Waals surface area contributed by atoms with Gasteiger partial charge in [0.1, 0.15) is 5.82 Å². The molecule has 0 spiro atoms. The van der Waals surface area contributed by atoms with Crippen LogP contribution in [-0.2, 0) is 0 Å². The second-order valence-electron chi connectivity index (χ2n) is 3.83. The molecule has 2 rings (SSSR count). The van der Waals surface area contributed by atoms with E-state index in [2.05, 4.69) is 9.97 Å². The molecular weight excluding hydrogens is 224 g/mol. The highest BCUT2D eigenvalue weighted by Crippen LogP contribution is 2.21. The first-order valence-electron chi connectivity index (χ1n) is 5.37. The SMILES string of the molecule is CC[C@H](N)c1ncc(-c2ccc(F)c(F)c2)[nH]1. The summed E-state index contributed by atoms with van der Waals surface area (Å²) in [4.78, 5) is 7.12. The number of nitrogens with zero attached hydrogens (tertiary/aromatic N) is 1. The molecular formula is C12H13F2N3. The van der Waals surface area contributed by atoms with Crippen molar-refractivity contribution in [3.8, 4) is 11.3 Å². The lowest BCUT2D eigenvalue weighted by Gasteiger charge is -2.03. The summed E-state index contributed by atoms with van der Waals surface area (Å²) in [6.45, 7) is 1.95. The van der Waals surface area contributed by atoms with E-state index >= 15 is 0 Å². The summed E-state index contributed by atoms with van der Waals surface area (Å²) in [7, 11) is 0. The van der Waals surface area contributed by atoms with Gasteiger partial charge in [-0.05, 0) is 24.6 Å². The van der Waals surface area contributed by atoms with Crippen molar-refractivity contribution in [2.45, 2.75) is 19.4 Å². The van der Waals surface area contributed by atoms with E-state index in [1.807, 2.05) is 6.92 Å². The van der Waals surface area contributed by atoms with Crippen molar-refractivity contribution < 1.29 is 8.78 Å². The second-order valence-corrected chi connectivity index (χ2v) is 3.83. The fourth-order valence-electron chi connectivity index (χ4n) is 1.53. The molecule has 1 heterocycles. The number of aromatic amines is 1. The van der Waals surface area contributed by atoms with Crippen molar-refractivity contribution in [2.75, 3.05) is 0 Å². The Balaban J connectivity index is 2.33. The number of rotatable bonds is 3. The van der Waals surface area contributed by atoms with Crippen LogP contribution in [0.4, 0.5) is 8.78 Å². The lowest BCUT2D eigenvalue weighted by molar-refractivity contribution is 0.509. The van der Waals surface area contributed by atoms with Crippen LogP contribution in [0.2, 0.25) is 0 Å². The number of hydrogen-bond acceptors (Lipinski definition) is 2. The van der Waals surface area contributed by atoms with E-state index < -0.39 is 11.6 Å². The van der Waals surface area contributed by atoms with Gasteiger partial charge in [-0.1, -0.05) is 6.92 Å². The lowest BCUT2D eigenvalue weighted by Crippen LogP contribution is -2.10. The van der Waals surface area contributed by atoms with Gasteiger partial charge in [0.2, 0.25) is 0 Å². The molecule has 0 fully saturated rings. The summed E-state index contributed by atoms with van der Waals surface area (Å²) in [5.74, 6) is -1.09. The Morgan fingerprint density at radius 1 is 1.35 bits per heavy atom. The Hall–Kier alpha value is -1.75. The fraction of sp³-hybridized carbons (Fsp3) is 0.250. The van der Waals surface area contributed by atoms with Gasteiger partial charge in [-0.2, -0.15) is 0 Å². The van der Waals surface area contributed by atoms with E-state index in [1.165, 1.54) is 6.07 Å². The van der Waals surface area contributed by atoms with Crippen molar-refractivity contribution in [1.29, 1.82) is 0 Å². The Bertz CT molecular complexity index is 522. The van der Waals surface area contributed by atoms with Crippen molar-refractivity contribution in [1.82, 2.24) is 9.97 Å². The standard InChI is InChI=1S/C12H13F2N3/c1-2-10(15)12-16-6-11(17-12)7-3-4-8(13)9(14)5-7/h3-6,10H,2,15H2,1H3,(H,16,17)/t10-/m0/s1. The molecule has 1 aromatic heterocycles. The van der Waals surface area contributed by atoms with Gasteiger partial charge in [0, 0.05) is 5.56 Å². The zero-order valence-electron chi connectivity index (χ0n) is 9.37. The molecule has 0 saturated carbocycles. The summed E-state index contributed by atoms with van der Waals surface area (Å²) in [5, 5.41) is 0. The first-order chi connectivity index (χ1) is 8.11. The molecule has 0 unspecified atom stereocenters. The summed E-state index contributed by atoms with van der Waals surface area (Å²) in [5.41, 5.74) is 6.99. The highest BCUT2D eigenvalue weighted by atomic mass is 19.2. The fourth-order valence-corrected chi connectivity index (χ4v) is 1.53. The van der Waals surface area contributed by atoms with Gasteiger partial charge < -0.3 is 10.7 Å². The largest absolute Gasteiger partial charge is 0.341 e. The van der Waals surface area contributed by atoms with E-state index in [1.54, 1.807) is 6.20 Å². The van der Waals surface area contributed by atoms with Crippen molar-refractivity contribution in [3.05, 3.63) is 41.9 Å². The summed E-state index contributed by atoms with van der Waals surface area (Å²) in [6, 6.07) is 3.54. The van der Waals surface area contributed by atoms with Crippen LogP contribution in [0.1, 0.15) is 25.2 Å². The van der Waals surface area contributed by atoms with Gasteiger partial charge in [0.05, 0.1) is 17.9 Å². The minimum Gasteiger partial charge on any atom is -0.341 e. The quantitative estimate of drug-likeness (QED) is 0.862. The monoisotopic (exact) mass is 237 g/mol. The minimum absolute atomic E-state index is 0.172. The van der Waals surface area contributed by atoms with Crippen LogP contribution in [0, 0.1) is 11.6 Å². The maximum atomic E-state index is 13.1. The maximum Gasteiger partial charge on any atom is 0.159 e. The third-order valence-corrected chi connectivity index (χ3v) is 2.62. The highest BCUT2D eigenvalue weighted by Gasteiger charge is 2.10. The highest BCUT2D eigenvalue weighted by molar-refractivity contribution is 5.58. The molecule has 0 radical (unpaired) electrons. The molecule has 0 aliphatic carbocycles. The number of imidazole rings is 1. The molecule has 1 aromatic carbocycles. The third kappa shape index (κ3) is 2.34. The Morgan fingerprint density at radius 2 is 2.12 bits per heavy atom. The smallest absolute Gasteiger partial charge is 0.159 e. The molecule has 3 nitrogen and oxygen atoms in total. The van der Waals surface area contributed by atoms with Crippen LogP contribution >= 0.6 is 0 Å². The number of aromatic nitrogens is 2. The molecule has 3 N–H and O–H groups in total. The van der Waals surface area contributed by atoms with Crippen LogP contribution in [0.25, 0.3) is 11.3 Å². The maximum absolute atomic E-state index is 13.1. The van der Waals surface area contributed by atoms with Gasteiger partial charge in [-0.25, -0.2) is 13.8 Å². The zero-order valence-corrected chi connectivity index (χ0v) is 9.37. The summed E-state index contributed by atoms with van der Waals surface area (Å²) in [6.07, 6.45) is 2.32. The Labute approximate surface area is 97.7 Å². The van der Waals surface area contributed by atoms with E-state index in [0.717, 1.165) is 18.6 Å². The van der Waals surface area contributed by atoms with Gasteiger partial charge in [-0.3, -0.25) is 0 Å². The van der Waals surface area contributed by atoms with Crippen LogP contribution in [0.3, 0.4) is 0 Å². The Morgan fingerprint density at radius 3 is 2.76 bits per heavy atom. The molecule has 5 heteroatoms. The number of hydrogen-bond donors (Lipinski definition) is 2. The molecule has 0 saturated heterocycles. The first-order valence-corrected chi connectivity index (χ1v) is 5.37. The average molecular weight is 237 g/mol. The predicted octanol–water partition coefficient (Wildman–Crippen LogP) is 2.76. The summed E-state index contributed by atoms with van der Waals surface area (Å²) >= 11 is 0. The van der Waals surface area contributed by atoms with E-state index in [-0.39, 0.29) is 6.04 Å². The number of nitrogens with one attached hydrogen (secondary N) is 1. The van der Waals surface area contributed by atoms with Crippen LogP contribution < -0.4 is 5.73 Å². The zero-order chi connectivity index (χ0) is 12.4.